The van der Waals surface area contributed by atoms with Crippen LogP contribution in [0.5, 0.6) is 17.2 Å². The molecule has 0 bridgehead atoms. The van der Waals surface area contributed by atoms with Gasteiger partial charge in [-0.3, -0.25) is 4.79 Å². The lowest BCUT2D eigenvalue weighted by Crippen LogP contribution is -2.17. The van der Waals surface area contributed by atoms with Crippen LogP contribution in [0.3, 0.4) is 0 Å². The predicted octanol–water partition coefficient (Wildman–Crippen LogP) is 6.80. The third-order valence-electron chi connectivity index (χ3n) is 5.47. The van der Waals surface area contributed by atoms with Gasteiger partial charge in [0, 0.05) is 15.6 Å². The zero-order valence-electron chi connectivity index (χ0n) is 21.3. The number of nitrogens with one attached hydrogen (secondary N) is 1. The molecule has 0 heterocycles. The van der Waals surface area contributed by atoms with E-state index in [0.29, 0.717) is 47.2 Å². The topological polar surface area (TPSA) is 86.2 Å². The highest BCUT2D eigenvalue weighted by Crippen LogP contribution is 2.23. The van der Waals surface area contributed by atoms with E-state index in [2.05, 4.69) is 26.5 Å². The van der Waals surface area contributed by atoms with Crippen molar-refractivity contribution in [2.24, 2.45) is 5.10 Å². The van der Waals surface area contributed by atoms with Crippen LogP contribution in [0.25, 0.3) is 0 Å². The summed E-state index contributed by atoms with van der Waals surface area (Å²) in [6.07, 6.45) is 2.32. The van der Waals surface area contributed by atoms with Gasteiger partial charge in [0.15, 0.2) is 0 Å². The van der Waals surface area contributed by atoms with Crippen molar-refractivity contribution in [2.45, 2.75) is 20.0 Å². The average Bonchev–Trinajstić information content (AvgIpc) is 2.97. The summed E-state index contributed by atoms with van der Waals surface area (Å²) >= 11 is 3.41. The van der Waals surface area contributed by atoms with Gasteiger partial charge in [-0.15, -0.1) is 0 Å². The number of benzene rings is 4. The van der Waals surface area contributed by atoms with E-state index in [1.165, 1.54) is 6.21 Å². The molecule has 7 nitrogen and oxygen atoms in total. The number of hydrogen-bond donors (Lipinski definition) is 1. The first-order chi connectivity index (χ1) is 19.0. The third-order valence-corrected chi connectivity index (χ3v) is 5.97. The summed E-state index contributed by atoms with van der Waals surface area (Å²) in [6.45, 7) is 3.07. The lowest BCUT2D eigenvalue weighted by molar-refractivity contribution is 0.0734. The van der Waals surface area contributed by atoms with Crippen LogP contribution in [0.4, 0.5) is 0 Å². The molecule has 0 unspecified atom stereocenters. The molecule has 0 aromatic heterocycles. The molecule has 4 aromatic carbocycles. The summed E-state index contributed by atoms with van der Waals surface area (Å²) in [6, 6.07) is 28.5. The molecule has 0 aliphatic carbocycles. The van der Waals surface area contributed by atoms with Crippen LogP contribution < -0.4 is 19.6 Å². The predicted molar refractivity (Wildman–Crippen MR) is 154 cm³/mol. The molecule has 0 aliphatic rings. The number of carbonyl (C=O) groups excluding carboxylic acids is 2. The largest absolute Gasteiger partial charge is 0.494 e. The number of hydrogen-bond acceptors (Lipinski definition) is 6. The van der Waals surface area contributed by atoms with Gasteiger partial charge in [0.1, 0.15) is 23.9 Å². The van der Waals surface area contributed by atoms with Gasteiger partial charge in [-0.25, -0.2) is 10.2 Å². The summed E-state index contributed by atoms with van der Waals surface area (Å²) in [5, 5.41) is 4.05. The second-order valence-corrected chi connectivity index (χ2v) is 9.36. The van der Waals surface area contributed by atoms with Crippen molar-refractivity contribution in [3.8, 4) is 17.2 Å². The summed E-state index contributed by atoms with van der Waals surface area (Å²) in [4.78, 5) is 25.3. The van der Waals surface area contributed by atoms with Crippen LogP contribution in [0, 0.1) is 0 Å². The van der Waals surface area contributed by atoms with E-state index in [0.717, 1.165) is 16.5 Å². The highest BCUT2D eigenvalue weighted by atomic mass is 79.9. The van der Waals surface area contributed by atoms with E-state index < -0.39 is 5.97 Å². The van der Waals surface area contributed by atoms with E-state index in [1.54, 1.807) is 66.7 Å². The van der Waals surface area contributed by atoms with Gasteiger partial charge in [-0.2, -0.15) is 5.10 Å². The fourth-order valence-corrected chi connectivity index (χ4v) is 3.83. The van der Waals surface area contributed by atoms with E-state index in [4.69, 9.17) is 14.2 Å². The van der Waals surface area contributed by atoms with Gasteiger partial charge >= 0.3 is 5.97 Å². The normalized spacial score (nSPS) is 10.7. The van der Waals surface area contributed by atoms with Crippen LogP contribution in [-0.4, -0.2) is 24.7 Å². The van der Waals surface area contributed by atoms with Gasteiger partial charge in [0.05, 0.1) is 18.4 Å². The van der Waals surface area contributed by atoms with Crippen molar-refractivity contribution >= 4 is 34.0 Å². The van der Waals surface area contributed by atoms with Crippen molar-refractivity contribution < 1.29 is 23.8 Å². The zero-order chi connectivity index (χ0) is 27.5. The first-order valence-electron chi connectivity index (χ1n) is 12.4. The molecule has 0 aliphatic heterocycles. The second kappa shape index (κ2) is 13.9. The molecule has 0 spiro atoms. The lowest BCUT2D eigenvalue weighted by Gasteiger charge is -2.09. The monoisotopic (exact) mass is 586 g/mol. The Labute approximate surface area is 235 Å². The molecule has 8 heteroatoms. The van der Waals surface area contributed by atoms with E-state index >= 15 is 0 Å². The first-order valence-corrected chi connectivity index (χ1v) is 13.2. The fourth-order valence-electron chi connectivity index (χ4n) is 3.45. The van der Waals surface area contributed by atoms with Crippen molar-refractivity contribution in [1.82, 2.24) is 5.43 Å². The van der Waals surface area contributed by atoms with Crippen LogP contribution in [0.1, 0.15) is 45.2 Å². The molecule has 1 N–H and O–H groups in total. The summed E-state index contributed by atoms with van der Waals surface area (Å²) in [7, 11) is 0. The summed E-state index contributed by atoms with van der Waals surface area (Å²) in [5.74, 6) is 0.734. The molecule has 39 heavy (non-hydrogen) atoms. The Balaban J connectivity index is 1.35. The van der Waals surface area contributed by atoms with Crippen molar-refractivity contribution in [2.75, 3.05) is 6.61 Å². The fraction of sp³-hybridized carbons (Fsp3) is 0.129. The molecule has 198 valence electrons. The molecule has 0 saturated carbocycles. The Kier molecular flexibility index (Phi) is 9.85. The zero-order valence-corrected chi connectivity index (χ0v) is 22.9. The Hall–Kier alpha value is -4.43. The molecule has 1 amide bonds. The van der Waals surface area contributed by atoms with Crippen LogP contribution >= 0.6 is 15.9 Å². The number of ether oxygens (including phenoxy) is 3. The Morgan fingerprint density at radius 2 is 1.51 bits per heavy atom. The van der Waals surface area contributed by atoms with Crippen molar-refractivity contribution in [3.63, 3.8) is 0 Å². The average molecular weight is 587 g/mol. The highest BCUT2D eigenvalue weighted by Gasteiger charge is 2.12. The molecular weight excluding hydrogens is 560 g/mol. The van der Waals surface area contributed by atoms with Gasteiger partial charge in [-0.05, 0) is 78.7 Å². The quantitative estimate of drug-likeness (QED) is 0.0903. The standard InChI is InChI=1S/C31H27BrN2O5/c1-2-18-37-27-15-10-24(11-16-27)31(36)39-29-17-12-26(32)19-25(29)20-33-34-30(35)23-8-13-28(14-9-23)38-21-22-6-4-3-5-7-22/h3-17,19-20H,2,18,21H2,1H3,(H,34,35). The Bertz CT molecular complexity index is 1420. The Morgan fingerprint density at radius 1 is 0.846 bits per heavy atom. The van der Waals surface area contributed by atoms with Gasteiger partial charge in [-0.1, -0.05) is 53.2 Å². The van der Waals surface area contributed by atoms with Gasteiger partial charge < -0.3 is 14.2 Å². The maximum absolute atomic E-state index is 12.7. The second-order valence-electron chi connectivity index (χ2n) is 8.44. The molecule has 0 atom stereocenters. The number of halogens is 1. The number of nitrogens with zero attached hydrogens (tertiary/aromatic N) is 1. The minimum absolute atomic E-state index is 0.299. The highest BCUT2D eigenvalue weighted by molar-refractivity contribution is 9.10. The van der Waals surface area contributed by atoms with E-state index in [1.807, 2.05) is 37.3 Å². The van der Waals surface area contributed by atoms with Crippen molar-refractivity contribution in [1.29, 1.82) is 0 Å². The summed E-state index contributed by atoms with van der Waals surface area (Å²) in [5.41, 5.74) is 4.87. The molecular formula is C31H27BrN2O5. The number of hydrazone groups is 1. The molecule has 0 fully saturated rings. The van der Waals surface area contributed by atoms with Crippen LogP contribution in [-0.2, 0) is 6.61 Å². The minimum Gasteiger partial charge on any atom is -0.494 e. The maximum Gasteiger partial charge on any atom is 0.343 e. The molecule has 0 radical (unpaired) electrons. The molecule has 4 rings (SSSR count). The first kappa shape index (κ1) is 27.6. The van der Waals surface area contributed by atoms with E-state index in [-0.39, 0.29) is 5.91 Å². The SMILES string of the molecule is CCCOc1ccc(C(=O)Oc2ccc(Br)cc2C=NNC(=O)c2ccc(OCc3ccccc3)cc2)cc1. The minimum atomic E-state index is -0.521. The molecule has 4 aromatic rings. The maximum atomic E-state index is 12.7. The van der Waals surface area contributed by atoms with Crippen molar-refractivity contribution in [3.05, 3.63) is 124 Å². The molecule has 0 saturated heterocycles. The number of carbonyl (C=O) groups is 2. The Morgan fingerprint density at radius 3 is 2.21 bits per heavy atom. The number of rotatable bonds is 11. The van der Waals surface area contributed by atoms with Gasteiger partial charge in [0.2, 0.25) is 0 Å². The van der Waals surface area contributed by atoms with Crippen LogP contribution in [0.15, 0.2) is 107 Å². The third kappa shape index (κ3) is 8.28. The van der Waals surface area contributed by atoms with E-state index in [9.17, 15) is 9.59 Å². The smallest absolute Gasteiger partial charge is 0.343 e. The number of amides is 1. The van der Waals surface area contributed by atoms with Gasteiger partial charge in [0.25, 0.3) is 5.91 Å². The summed E-state index contributed by atoms with van der Waals surface area (Å²) < 4.78 is 17.7. The lowest BCUT2D eigenvalue weighted by atomic mass is 10.2. The number of esters is 1. The van der Waals surface area contributed by atoms with Crippen LogP contribution in [0.2, 0.25) is 0 Å².